The SMILES string of the molecule is CC(C)C(=O)CSCl. The summed E-state index contributed by atoms with van der Waals surface area (Å²) in [7, 11) is 6.30. The van der Waals surface area contributed by atoms with Crippen LogP contribution in [0.1, 0.15) is 13.8 Å². The van der Waals surface area contributed by atoms with E-state index in [4.69, 9.17) is 10.7 Å². The van der Waals surface area contributed by atoms with Gasteiger partial charge in [0.25, 0.3) is 0 Å². The molecule has 0 atom stereocenters. The molecule has 0 aliphatic carbocycles. The van der Waals surface area contributed by atoms with Gasteiger partial charge in [-0.1, -0.05) is 13.8 Å². The average Bonchev–Trinajstić information content (AvgIpc) is 1.67. The minimum absolute atomic E-state index is 0.126. The summed E-state index contributed by atoms with van der Waals surface area (Å²) in [5, 5.41) is 0. The molecule has 0 aromatic rings. The van der Waals surface area contributed by atoms with Crippen LogP contribution in [0.2, 0.25) is 0 Å². The van der Waals surface area contributed by atoms with Crippen molar-refractivity contribution >= 4 is 27.4 Å². The van der Waals surface area contributed by atoms with Crippen molar-refractivity contribution in [3.63, 3.8) is 0 Å². The first kappa shape index (κ1) is 8.31. The Kier molecular flexibility index (Phi) is 4.38. The van der Waals surface area contributed by atoms with Crippen LogP contribution < -0.4 is 0 Å². The van der Waals surface area contributed by atoms with Gasteiger partial charge >= 0.3 is 0 Å². The Balaban J connectivity index is 3.33. The van der Waals surface area contributed by atoms with Crippen LogP contribution in [0.3, 0.4) is 0 Å². The monoisotopic (exact) mass is 152 g/mol. The number of Topliss-reactive ketones (excluding diaryl/α,β-unsaturated/α-hetero) is 1. The third kappa shape index (κ3) is 3.33. The minimum Gasteiger partial charge on any atom is -0.298 e. The molecular formula is C5H9ClOS. The van der Waals surface area contributed by atoms with Crippen LogP contribution in [0.5, 0.6) is 0 Å². The van der Waals surface area contributed by atoms with Crippen molar-refractivity contribution < 1.29 is 4.79 Å². The molecule has 0 unspecified atom stereocenters. The summed E-state index contributed by atoms with van der Waals surface area (Å²) in [6, 6.07) is 0. The average molecular weight is 153 g/mol. The molecule has 0 aromatic carbocycles. The van der Waals surface area contributed by atoms with Crippen LogP contribution in [0.15, 0.2) is 0 Å². The second-order valence-corrected chi connectivity index (χ2v) is 3.04. The zero-order valence-electron chi connectivity index (χ0n) is 4.98. The molecule has 1 nitrogen and oxygen atoms in total. The highest BCUT2D eigenvalue weighted by molar-refractivity contribution is 8.21. The van der Waals surface area contributed by atoms with Gasteiger partial charge in [0.2, 0.25) is 0 Å². The molecule has 3 heteroatoms. The van der Waals surface area contributed by atoms with Gasteiger partial charge < -0.3 is 0 Å². The fraction of sp³-hybridized carbons (Fsp3) is 0.800. The van der Waals surface area contributed by atoms with E-state index in [9.17, 15) is 4.79 Å². The van der Waals surface area contributed by atoms with E-state index < -0.39 is 0 Å². The van der Waals surface area contributed by atoms with Gasteiger partial charge in [-0.25, -0.2) is 0 Å². The van der Waals surface area contributed by atoms with Gasteiger partial charge in [-0.15, -0.1) is 0 Å². The van der Waals surface area contributed by atoms with Crippen LogP contribution in [-0.4, -0.2) is 11.5 Å². The summed E-state index contributed by atoms with van der Waals surface area (Å²) in [5.74, 6) is 0.769. The molecule has 0 rings (SSSR count). The molecule has 0 aliphatic heterocycles. The number of hydrogen-bond donors (Lipinski definition) is 0. The van der Waals surface area contributed by atoms with E-state index in [0.29, 0.717) is 5.75 Å². The molecule has 0 radical (unpaired) electrons. The van der Waals surface area contributed by atoms with Crippen LogP contribution in [-0.2, 0) is 4.79 Å². The quantitative estimate of drug-likeness (QED) is 0.616. The fourth-order valence-corrected chi connectivity index (χ4v) is 0.984. The minimum atomic E-state index is 0.126. The summed E-state index contributed by atoms with van der Waals surface area (Å²) < 4.78 is 0. The van der Waals surface area contributed by atoms with Crippen molar-refractivity contribution in [2.24, 2.45) is 5.92 Å². The number of rotatable bonds is 3. The zero-order chi connectivity index (χ0) is 6.57. The molecule has 8 heavy (non-hydrogen) atoms. The van der Waals surface area contributed by atoms with Crippen LogP contribution in [0, 0.1) is 5.92 Å². The molecule has 0 amide bonds. The van der Waals surface area contributed by atoms with Crippen LogP contribution in [0.25, 0.3) is 0 Å². The Hall–Kier alpha value is 0.310. The van der Waals surface area contributed by atoms with Gasteiger partial charge in [-0.05, 0) is 21.7 Å². The largest absolute Gasteiger partial charge is 0.298 e. The first-order valence-corrected chi connectivity index (χ1v) is 4.26. The van der Waals surface area contributed by atoms with Crippen molar-refractivity contribution in [3.8, 4) is 0 Å². The van der Waals surface area contributed by atoms with Gasteiger partial charge in [0.1, 0.15) is 5.78 Å². The maximum absolute atomic E-state index is 10.6. The predicted octanol–water partition coefficient (Wildman–Crippen LogP) is 2.10. The van der Waals surface area contributed by atoms with E-state index in [0.717, 1.165) is 11.0 Å². The highest BCUT2D eigenvalue weighted by Gasteiger charge is 2.04. The first-order valence-electron chi connectivity index (χ1n) is 2.44. The smallest absolute Gasteiger partial charge is 0.146 e. The third-order valence-corrected chi connectivity index (χ3v) is 1.56. The van der Waals surface area contributed by atoms with Gasteiger partial charge in [0.15, 0.2) is 0 Å². The Bertz CT molecular complexity index is 82.5. The number of halogens is 1. The Morgan fingerprint density at radius 3 is 2.38 bits per heavy atom. The molecule has 48 valence electrons. The number of carbonyl (C=O) groups excluding carboxylic acids is 1. The zero-order valence-corrected chi connectivity index (χ0v) is 6.55. The van der Waals surface area contributed by atoms with Crippen molar-refractivity contribution in [2.75, 3.05) is 5.75 Å². The van der Waals surface area contributed by atoms with Gasteiger partial charge in [0, 0.05) is 5.92 Å². The molecule has 0 spiro atoms. The Morgan fingerprint density at radius 2 is 2.25 bits per heavy atom. The van der Waals surface area contributed by atoms with Crippen LogP contribution >= 0.6 is 21.7 Å². The molecule has 0 heterocycles. The van der Waals surface area contributed by atoms with E-state index in [1.165, 1.54) is 0 Å². The van der Waals surface area contributed by atoms with E-state index >= 15 is 0 Å². The van der Waals surface area contributed by atoms with Crippen LogP contribution in [0.4, 0.5) is 0 Å². The van der Waals surface area contributed by atoms with Gasteiger partial charge in [-0.3, -0.25) is 4.79 Å². The highest BCUT2D eigenvalue weighted by Crippen LogP contribution is 2.08. The van der Waals surface area contributed by atoms with E-state index in [1.807, 2.05) is 13.8 Å². The lowest BCUT2D eigenvalue weighted by atomic mass is 10.1. The lowest BCUT2D eigenvalue weighted by Gasteiger charge is -1.97. The second kappa shape index (κ2) is 4.21. The molecule has 0 bridgehead atoms. The fourth-order valence-electron chi connectivity index (χ4n) is 0.220. The summed E-state index contributed by atoms with van der Waals surface area (Å²) in [4.78, 5) is 10.6. The molecule has 0 fully saturated rings. The van der Waals surface area contributed by atoms with E-state index in [-0.39, 0.29) is 11.7 Å². The summed E-state index contributed by atoms with van der Waals surface area (Å²) >= 11 is 0. The normalized spacial score (nSPS) is 10.0. The van der Waals surface area contributed by atoms with Gasteiger partial charge in [-0.2, -0.15) is 0 Å². The molecule has 0 aromatic heterocycles. The van der Waals surface area contributed by atoms with Crippen molar-refractivity contribution in [1.82, 2.24) is 0 Å². The maximum atomic E-state index is 10.6. The summed E-state index contributed by atoms with van der Waals surface area (Å²) in [5.41, 5.74) is 0. The standard InChI is InChI=1S/C5H9ClOS/c1-4(2)5(7)3-8-6/h4H,3H2,1-2H3. The molecule has 0 N–H and O–H groups in total. The lowest BCUT2D eigenvalue weighted by Crippen LogP contribution is -2.08. The first-order chi connectivity index (χ1) is 3.68. The summed E-state index contributed by atoms with van der Waals surface area (Å²) in [6.07, 6.45) is 0. The van der Waals surface area contributed by atoms with Crippen molar-refractivity contribution in [1.29, 1.82) is 0 Å². The van der Waals surface area contributed by atoms with Crippen molar-refractivity contribution in [2.45, 2.75) is 13.8 Å². The molecule has 0 saturated heterocycles. The number of ketones is 1. The topological polar surface area (TPSA) is 17.1 Å². The summed E-state index contributed by atoms with van der Waals surface area (Å²) in [6.45, 7) is 3.74. The maximum Gasteiger partial charge on any atom is 0.146 e. The van der Waals surface area contributed by atoms with Gasteiger partial charge in [0.05, 0.1) is 5.75 Å². The lowest BCUT2D eigenvalue weighted by molar-refractivity contribution is -0.119. The number of hydrogen-bond acceptors (Lipinski definition) is 2. The van der Waals surface area contributed by atoms with E-state index in [2.05, 4.69) is 0 Å². The second-order valence-electron chi connectivity index (χ2n) is 1.87. The van der Waals surface area contributed by atoms with Crippen molar-refractivity contribution in [3.05, 3.63) is 0 Å². The molecule has 0 aliphatic rings. The molecular weight excluding hydrogens is 144 g/mol. The Morgan fingerprint density at radius 1 is 1.75 bits per heavy atom. The molecule has 0 saturated carbocycles. The predicted molar refractivity (Wildman–Crippen MR) is 38.2 cm³/mol. The highest BCUT2D eigenvalue weighted by atomic mass is 35.7. The number of carbonyl (C=O) groups is 1. The Labute approximate surface area is 58.3 Å². The third-order valence-electron chi connectivity index (χ3n) is 0.841. The van der Waals surface area contributed by atoms with E-state index in [1.54, 1.807) is 0 Å².